The van der Waals surface area contributed by atoms with E-state index in [9.17, 15) is 9.59 Å². The van der Waals surface area contributed by atoms with Gasteiger partial charge >= 0.3 is 6.03 Å². The minimum absolute atomic E-state index is 0.0155. The van der Waals surface area contributed by atoms with E-state index in [0.29, 0.717) is 32.5 Å². The molecule has 1 N–H and O–H groups in total. The van der Waals surface area contributed by atoms with Crippen LogP contribution < -0.4 is 0 Å². The average Bonchev–Trinajstić information content (AvgIpc) is 3.00. The molecule has 0 atom stereocenters. The Hall–Kier alpha value is -1.96. The highest BCUT2D eigenvalue weighted by Gasteiger charge is 2.57. The van der Waals surface area contributed by atoms with Gasteiger partial charge < -0.3 is 14.7 Å². The van der Waals surface area contributed by atoms with Crippen LogP contribution in [0.2, 0.25) is 0 Å². The van der Waals surface area contributed by atoms with Crippen molar-refractivity contribution in [3.8, 4) is 0 Å². The molecule has 0 radical (unpaired) electrons. The minimum Gasteiger partial charge on any atom is -0.396 e. The zero-order chi connectivity index (χ0) is 22.8. The fourth-order valence-corrected chi connectivity index (χ4v) is 4.97. The average molecular weight is 446 g/mol. The molecule has 2 aliphatic rings. The Balaban J connectivity index is 1.58. The van der Waals surface area contributed by atoms with Gasteiger partial charge in [-0.05, 0) is 31.2 Å². The van der Waals surface area contributed by atoms with Crippen molar-refractivity contribution in [1.29, 1.82) is 0 Å². The fraction of sp³-hybridized carbons (Fsp3) is 0.680. The number of carbonyl (C=O) groups excluding carboxylic acids is 2. The number of urea groups is 1. The van der Waals surface area contributed by atoms with Gasteiger partial charge in [-0.25, -0.2) is 4.79 Å². The number of carbonyl (C=O) groups is 2. The maximum Gasteiger partial charge on any atom is 0.327 e. The van der Waals surface area contributed by atoms with E-state index < -0.39 is 5.54 Å². The summed E-state index contributed by atoms with van der Waals surface area (Å²) in [4.78, 5) is 32.4. The molecule has 2 fully saturated rings. The Morgan fingerprint density at radius 2 is 1.59 bits per heavy atom. The number of aliphatic hydroxyl groups excluding tert-OH is 1. The molecule has 7 nitrogen and oxygen atoms in total. The predicted molar refractivity (Wildman–Crippen MR) is 124 cm³/mol. The van der Waals surface area contributed by atoms with Crippen molar-refractivity contribution in [3.05, 3.63) is 35.9 Å². The van der Waals surface area contributed by atoms with Crippen molar-refractivity contribution in [2.45, 2.75) is 63.5 Å². The van der Waals surface area contributed by atoms with Gasteiger partial charge in [-0.2, -0.15) is 0 Å². The van der Waals surface area contributed by atoms with Crippen molar-refractivity contribution < 1.29 is 19.4 Å². The summed E-state index contributed by atoms with van der Waals surface area (Å²) in [5.41, 5.74) is 0.554. The predicted octanol–water partition coefficient (Wildman–Crippen LogP) is 3.26. The number of nitrogens with zero attached hydrogens (tertiary/aromatic N) is 3. The molecule has 32 heavy (non-hydrogen) atoms. The van der Waals surface area contributed by atoms with Crippen LogP contribution in [-0.2, 0) is 16.1 Å². The SMILES string of the molecule is COCCN1C(=O)N(CCCCCCCCO)C(=O)C12CCN(Cc1ccccc1)CC2. The summed E-state index contributed by atoms with van der Waals surface area (Å²) in [6.45, 7) is 4.11. The van der Waals surface area contributed by atoms with Crippen LogP contribution in [0.1, 0.15) is 56.9 Å². The van der Waals surface area contributed by atoms with Crippen molar-refractivity contribution in [1.82, 2.24) is 14.7 Å². The normalized spacial score (nSPS) is 18.8. The fourth-order valence-electron chi connectivity index (χ4n) is 4.97. The number of likely N-dealkylation sites (tertiary alicyclic amines) is 1. The number of benzene rings is 1. The highest BCUT2D eigenvalue weighted by Crippen LogP contribution is 2.37. The van der Waals surface area contributed by atoms with Crippen molar-refractivity contribution >= 4 is 11.9 Å². The Morgan fingerprint density at radius 3 is 2.25 bits per heavy atom. The summed E-state index contributed by atoms with van der Waals surface area (Å²) in [5, 5.41) is 8.87. The van der Waals surface area contributed by atoms with Gasteiger partial charge in [0.15, 0.2) is 0 Å². The molecule has 3 amide bonds. The first-order valence-electron chi connectivity index (χ1n) is 12.1. The number of amides is 3. The van der Waals surface area contributed by atoms with Gasteiger partial charge in [-0.1, -0.05) is 56.0 Å². The third kappa shape index (κ3) is 5.88. The van der Waals surface area contributed by atoms with Gasteiger partial charge in [0, 0.05) is 46.4 Å². The number of rotatable bonds is 13. The lowest BCUT2D eigenvalue weighted by atomic mass is 9.85. The lowest BCUT2D eigenvalue weighted by Gasteiger charge is -2.42. The smallest absolute Gasteiger partial charge is 0.327 e. The van der Waals surface area contributed by atoms with Gasteiger partial charge in [-0.3, -0.25) is 14.6 Å². The van der Waals surface area contributed by atoms with Crippen LogP contribution in [-0.4, -0.2) is 83.8 Å². The summed E-state index contributed by atoms with van der Waals surface area (Å²) in [5.74, 6) is -0.0155. The number of imide groups is 1. The quantitative estimate of drug-likeness (QED) is 0.373. The van der Waals surface area contributed by atoms with Crippen LogP contribution in [0.3, 0.4) is 0 Å². The van der Waals surface area contributed by atoms with E-state index in [1.807, 2.05) is 6.07 Å². The first-order chi connectivity index (χ1) is 15.6. The lowest BCUT2D eigenvalue weighted by Crippen LogP contribution is -2.57. The van der Waals surface area contributed by atoms with Crippen LogP contribution in [0.15, 0.2) is 30.3 Å². The second-order valence-corrected chi connectivity index (χ2v) is 9.02. The molecular formula is C25H39N3O4. The van der Waals surface area contributed by atoms with E-state index in [1.165, 1.54) is 10.5 Å². The summed E-state index contributed by atoms with van der Waals surface area (Å²) < 4.78 is 5.25. The molecule has 0 aromatic heterocycles. The third-order valence-electron chi connectivity index (χ3n) is 6.86. The van der Waals surface area contributed by atoms with Gasteiger partial charge in [0.2, 0.25) is 0 Å². The molecule has 0 saturated carbocycles. The maximum absolute atomic E-state index is 13.5. The number of piperidine rings is 1. The number of hydrogen-bond acceptors (Lipinski definition) is 5. The summed E-state index contributed by atoms with van der Waals surface area (Å²) >= 11 is 0. The van der Waals surface area contributed by atoms with E-state index >= 15 is 0 Å². The van der Waals surface area contributed by atoms with Crippen molar-refractivity contribution in [2.24, 2.45) is 0 Å². The Kier molecular flexibility index (Phi) is 9.51. The number of hydrogen-bond donors (Lipinski definition) is 1. The molecule has 178 valence electrons. The Labute approximate surface area is 192 Å². The first kappa shape index (κ1) is 24.7. The zero-order valence-electron chi connectivity index (χ0n) is 19.5. The van der Waals surface area contributed by atoms with E-state index in [1.54, 1.807) is 12.0 Å². The second kappa shape index (κ2) is 12.3. The number of ether oxygens (including phenoxy) is 1. The highest BCUT2D eigenvalue weighted by molar-refractivity contribution is 6.07. The maximum atomic E-state index is 13.5. The van der Waals surface area contributed by atoms with E-state index in [-0.39, 0.29) is 18.5 Å². The molecule has 2 saturated heterocycles. The number of methoxy groups -OCH3 is 1. The molecule has 2 aliphatic heterocycles. The molecule has 2 heterocycles. The summed E-state index contributed by atoms with van der Waals surface area (Å²) in [6.07, 6.45) is 7.22. The van der Waals surface area contributed by atoms with Crippen LogP contribution in [0, 0.1) is 0 Å². The van der Waals surface area contributed by atoms with Gasteiger partial charge in [-0.15, -0.1) is 0 Å². The molecule has 1 aromatic rings. The van der Waals surface area contributed by atoms with Crippen molar-refractivity contribution in [3.63, 3.8) is 0 Å². The topological polar surface area (TPSA) is 73.3 Å². The van der Waals surface area contributed by atoms with Gasteiger partial charge in [0.05, 0.1) is 6.61 Å². The third-order valence-corrected chi connectivity index (χ3v) is 6.86. The molecule has 1 aromatic carbocycles. The van der Waals surface area contributed by atoms with E-state index in [2.05, 4.69) is 29.2 Å². The Bertz CT molecular complexity index is 719. The Morgan fingerprint density at radius 1 is 0.938 bits per heavy atom. The van der Waals surface area contributed by atoms with Crippen LogP contribution in [0.25, 0.3) is 0 Å². The number of aliphatic hydroxyl groups is 1. The molecule has 0 aliphatic carbocycles. The molecule has 7 heteroatoms. The van der Waals surface area contributed by atoms with E-state index in [4.69, 9.17) is 9.84 Å². The molecule has 0 bridgehead atoms. The zero-order valence-corrected chi connectivity index (χ0v) is 19.5. The molecule has 3 rings (SSSR count). The largest absolute Gasteiger partial charge is 0.396 e. The monoisotopic (exact) mass is 445 g/mol. The summed E-state index contributed by atoms with van der Waals surface area (Å²) in [6, 6.07) is 10.2. The van der Waals surface area contributed by atoms with Gasteiger partial charge in [0.1, 0.15) is 5.54 Å². The van der Waals surface area contributed by atoms with Crippen LogP contribution in [0.5, 0.6) is 0 Å². The first-order valence-corrected chi connectivity index (χ1v) is 12.1. The molecule has 1 spiro atoms. The van der Waals surface area contributed by atoms with Crippen LogP contribution >= 0.6 is 0 Å². The van der Waals surface area contributed by atoms with E-state index in [0.717, 1.165) is 58.2 Å². The van der Waals surface area contributed by atoms with Gasteiger partial charge in [0.25, 0.3) is 5.91 Å². The molecular weight excluding hydrogens is 406 g/mol. The van der Waals surface area contributed by atoms with Crippen LogP contribution in [0.4, 0.5) is 4.79 Å². The second-order valence-electron chi connectivity index (χ2n) is 9.02. The summed E-state index contributed by atoms with van der Waals surface area (Å²) in [7, 11) is 1.63. The highest BCUT2D eigenvalue weighted by atomic mass is 16.5. The standard InChI is InChI=1S/C25H39N3O4/c1-32-20-18-28-24(31)27(15-9-4-2-3-5-10-19-29)23(30)25(28)13-16-26(17-14-25)21-22-11-7-6-8-12-22/h6-8,11-12,29H,2-5,9-10,13-21H2,1H3. The number of unbranched alkanes of at least 4 members (excludes halogenated alkanes) is 5. The lowest BCUT2D eigenvalue weighted by molar-refractivity contribution is -0.136. The minimum atomic E-state index is -0.718. The molecule has 0 unspecified atom stereocenters. The van der Waals surface area contributed by atoms with Crippen molar-refractivity contribution in [2.75, 3.05) is 46.5 Å².